The molecule has 0 bridgehead atoms. The summed E-state index contributed by atoms with van der Waals surface area (Å²) in [5.41, 5.74) is 0.518. The van der Waals surface area contributed by atoms with E-state index in [2.05, 4.69) is 10.5 Å². The van der Waals surface area contributed by atoms with E-state index in [0.29, 0.717) is 34.1 Å². The molecule has 8 heteroatoms. The highest BCUT2D eigenvalue weighted by Crippen LogP contribution is 2.38. The maximum Gasteiger partial charge on any atom is 0.325 e. The van der Waals surface area contributed by atoms with Crippen LogP contribution in [0, 0.1) is 6.92 Å². The van der Waals surface area contributed by atoms with E-state index in [-0.39, 0.29) is 6.54 Å². The predicted octanol–water partition coefficient (Wildman–Crippen LogP) is 3.00. The number of hydrogen-bond donors (Lipinski definition) is 1. The average molecular weight is 407 g/mol. The Kier molecular flexibility index (Phi) is 4.91. The Morgan fingerprint density at radius 2 is 1.50 bits per heavy atom. The van der Waals surface area contributed by atoms with Crippen LogP contribution in [0.1, 0.15) is 22.6 Å². The number of rotatable bonds is 6. The lowest BCUT2D eigenvalue weighted by Gasteiger charge is -2.28. The molecule has 0 radical (unpaired) electrons. The van der Waals surface area contributed by atoms with Crippen molar-refractivity contribution in [2.24, 2.45) is 0 Å². The molecule has 4 rings (SSSR count). The zero-order valence-corrected chi connectivity index (χ0v) is 16.8. The fourth-order valence-electron chi connectivity index (χ4n) is 3.61. The number of urea groups is 1. The zero-order valence-electron chi connectivity index (χ0n) is 16.8. The molecule has 1 N–H and O–H groups in total. The van der Waals surface area contributed by atoms with Crippen molar-refractivity contribution < 1.29 is 23.6 Å². The van der Waals surface area contributed by atoms with E-state index in [1.165, 1.54) is 0 Å². The molecule has 0 unspecified atom stereocenters. The van der Waals surface area contributed by atoms with Gasteiger partial charge in [0.25, 0.3) is 5.91 Å². The van der Waals surface area contributed by atoms with Gasteiger partial charge >= 0.3 is 6.03 Å². The van der Waals surface area contributed by atoms with Crippen molar-refractivity contribution in [1.82, 2.24) is 15.4 Å². The predicted molar refractivity (Wildman–Crippen MR) is 107 cm³/mol. The monoisotopic (exact) mass is 407 g/mol. The first-order chi connectivity index (χ1) is 14.5. The van der Waals surface area contributed by atoms with E-state index in [1.807, 2.05) is 0 Å². The van der Waals surface area contributed by atoms with Gasteiger partial charge in [0.1, 0.15) is 11.5 Å². The summed E-state index contributed by atoms with van der Waals surface area (Å²) >= 11 is 0. The number of ether oxygens (including phenoxy) is 2. The number of hydrogen-bond acceptors (Lipinski definition) is 6. The van der Waals surface area contributed by atoms with E-state index in [1.54, 1.807) is 75.7 Å². The minimum absolute atomic E-state index is 0.0143. The van der Waals surface area contributed by atoms with Gasteiger partial charge in [0.15, 0.2) is 11.3 Å². The fourth-order valence-corrected chi connectivity index (χ4v) is 3.61. The fraction of sp³-hybridized carbons (Fsp3) is 0.227. The largest absolute Gasteiger partial charge is 0.497 e. The van der Waals surface area contributed by atoms with Crippen LogP contribution in [0.4, 0.5) is 4.79 Å². The molecule has 0 saturated carbocycles. The summed E-state index contributed by atoms with van der Waals surface area (Å²) in [5.74, 6) is 1.32. The molecule has 3 aromatic rings. The summed E-state index contributed by atoms with van der Waals surface area (Å²) in [6, 6.07) is 15.3. The van der Waals surface area contributed by atoms with Gasteiger partial charge in [0.05, 0.1) is 26.5 Å². The van der Waals surface area contributed by atoms with Gasteiger partial charge in [-0.3, -0.25) is 9.69 Å². The third kappa shape index (κ3) is 3.16. The molecule has 0 spiro atoms. The van der Waals surface area contributed by atoms with Gasteiger partial charge in [-0.1, -0.05) is 29.4 Å². The first-order valence-electron chi connectivity index (χ1n) is 9.33. The Labute approximate surface area is 173 Å². The Bertz CT molecular complexity index is 1030. The van der Waals surface area contributed by atoms with Crippen LogP contribution in [0.15, 0.2) is 59.1 Å². The van der Waals surface area contributed by atoms with E-state index in [9.17, 15) is 9.59 Å². The van der Waals surface area contributed by atoms with E-state index < -0.39 is 17.5 Å². The molecule has 8 nitrogen and oxygen atoms in total. The van der Waals surface area contributed by atoms with E-state index in [4.69, 9.17) is 14.0 Å². The van der Waals surface area contributed by atoms with Gasteiger partial charge in [-0.05, 0) is 42.3 Å². The molecule has 1 aliphatic heterocycles. The van der Waals surface area contributed by atoms with Crippen molar-refractivity contribution in [1.29, 1.82) is 0 Å². The van der Waals surface area contributed by atoms with Crippen LogP contribution >= 0.6 is 0 Å². The van der Waals surface area contributed by atoms with E-state index >= 15 is 0 Å². The van der Waals surface area contributed by atoms with Crippen LogP contribution in [0.5, 0.6) is 11.5 Å². The standard InChI is InChI=1S/C22H21N3O5/c1-14-12-19(30-24-14)13-25-20(26)22(23-21(25)27,15-4-8-17(28-2)9-5-15)16-6-10-18(29-3)11-7-16/h4-12H,13H2,1-3H3,(H,23,27). The number of nitrogens with one attached hydrogen (secondary N) is 1. The lowest BCUT2D eigenvalue weighted by molar-refractivity contribution is -0.130. The third-order valence-corrected chi connectivity index (χ3v) is 5.14. The van der Waals surface area contributed by atoms with Crippen LogP contribution in [-0.4, -0.2) is 36.2 Å². The van der Waals surface area contributed by atoms with Gasteiger partial charge in [0.2, 0.25) is 0 Å². The molecule has 2 aromatic carbocycles. The van der Waals surface area contributed by atoms with E-state index in [0.717, 1.165) is 4.90 Å². The number of amides is 3. The molecule has 1 aliphatic rings. The lowest BCUT2D eigenvalue weighted by atomic mass is 9.82. The summed E-state index contributed by atoms with van der Waals surface area (Å²) in [6.45, 7) is 1.76. The third-order valence-electron chi connectivity index (χ3n) is 5.14. The molecule has 1 fully saturated rings. The summed E-state index contributed by atoms with van der Waals surface area (Å²) in [5, 5.41) is 6.72. The zero-order chi connectivity index (χ0) is 21.3. The maximum absolute atomic E-state index is 13.7. The van der Waals surface area contributed by atoms with Crippen molar-refractivity contribution in [3.63, 3.8) is 0 Å². The van der Waals surface area contributed by atoms with Crippen LogP contribution in [-0.2, 0) is 16.9 Å². The molecule has 3 amide bonds. The molecule has 1 aromatic heterocycles. The molecule has 0 atom stereocenters. The smallest absolute Gasteiger partial charge is 0.325 e. The van der Waals surface area contributed by atoms with Crippen molar-refractivity contribution in [3.8, 4) is 11.5 Å². The first-order valence-corrected chi connectivity index (χ1v) is 9.33. The number of methoxy groups -OCH3 is 2. The van der Waals surface area contributed by atoms with Crippen molar-refractivity contribution in [3.05, 3.63) is 77.2 Å². The summed E-state index contributed by atoms with van der Waals surface area (Å²) in [7, 11) is 3.13. The summed E-state index contributed by atoms with van der Waals surface area (Å²) in [4.78, 5) is 27.7. The molecular weight excluding hydrogens is 386 g/mol. The molecule has 30 heavy (non-hydrogen) atoms. The number of benzene rings is 2. The SMILES string of the molecule is COc1ccc(C2(c3ccc(OC)cc3)NC(=O)N(Cc3cc(C)no3)C2=O)cc1. The number of carbonyl (C=O) groups is 2. The molecular formula is C22H21N3O5. The Balaban J connectivity index is 1.80. The normalized spacial score (nSPS) is 15.2. The highest BCUT2D eigenvalue weighted by molar-refractivity contribution is 6.09. The van der Waals surface area contributed by atoms with Crippen molar-refractivity contribution in [2.75, 3.05) is 14.2 Å². The molecule has 1 saturated heterocycles. The Morgan fingerprint density at radius 1 is 0.967 bits per heavy atom. The number of imide groups is 1. The first kappa shape index (κ1) is 19.5. The van der Waals surface area contributed by atoms with Crippen molar-refractivity contribution >= 4 is 11.9 Å². The minimum Gasteiger partial charge on any atom is -0.497 e. The van der Waals surface area contributed by atoms with Gasteiger partial charge < -0.3 is 19.3 Å². The highest BCUT2D eigenvalue weighted by Gasteiger charge is 2.54. The second-order valence-corrected chi connectivity index (χ2v) is 6.96. The number of carbonyl (C=O) groups excluding carboxylic acids is 2. The van der Waals surface area contributed by atoms with Crippen LogP contribution < -0.4 is 14.8 Å². The second kappa shape index (κ2) is 7.55. The Morgan fingerprint density at radius 3 is 1.93 bits per heavy atom. The number of aryl methyl sites for hydroxylation is 1. The minimum atomic E-state index is -1.38. The molecule has 2 heterocycles. The average Bonchev–Trinajstić information content (AvgIpc) is 3.30. The molecule has 0 aliphatic carbocycles. The summed E-state index contributed by atoms with van der Waals surface area (Å²) < 4.78 is 15.7. The van der Waals surface area contributed by atoms with Crippen LogP contribution in [0.3, 0.4) is 0 Å². The second-order valence-electron chi connectivity index (χ2n) is 6.96. The van der Waals surface area contributed by atoms with Gasteiger partial charge in [0, 0.05) is 6.07 Å². The van der Waals surface area contributed by atoms with Gasteiger partial charge in [-0.25, -0.2) is 4.79 Å². The lowest BCUT2D eigenvalue weighted by Crippen LogP contribution is -2.45. The van der Waals surface area contributed by atoms with Crippen LogP contribution in [0.2, 0.25) is 0 Å². The highest BCUT2D eigenvalue weighted by atomic mass is 16.5. The quantitative estimate of drug-likeness (QED) is 0.632. The molecule has 154 valence electrons. The number of nitrogens with zero attached hydrogens (tertiary/aromatic N) is 2. The van der Waals surface area contributed by atoms with Gasteiger partial charge in [-0.15, -0.1) is 0 Å². The Hall–Kier alpha value is -3.81. The van der Waals surface area contributed by atoms with Gasteiger partial charge in [-0.2, -0.15) is 0 Å². The topological polar surface area (TPSA) is 93.9 Å². The number of aromatic nitrogens is 1. The summed E-state index contributed by atoms with van der Waals surface area (Å²) in [6.07, 6.45) is 0. The van der Waals surface area contributed by atoms with Crippen molar-refractivity contribution in [2.45, 2.75) is 19.0 Å². The van der Waals surface area contributed by atoms with Crippen LogP contribution in [0.25, 0.3) is 0 Å². The maximum atomic E-state index is 13.7.